The number of likely N-dealkylation sites (N-methyl/N-ethyl adjacent to an activating group) is 1. The van der Waals surface area contributed by atoms with Crippen molar-refractivity contribution in [1.29, 1.82) is 0 Å². The molecule has 1 unspecified atom stereocenters. The molecule has 0 aromatic rings. The molecule has 5 nitrogen and oxygen atoms in total. The van der Waals surface area contributed by atoms with Crippen molar-refractivity contribution in [3.8, 4) is 0 Å². The Morgan fingerprint density at radius 3 is 2.19 bits per heavy atom. The van der Waals surface area contributed by atoms with Gasteiger partial charge in [0.05, 0.1) is 27.6 Å². The molecule has 1 atom stereocenters. The maximum absolute atomic E-state index is 10.7. The zero-order chi connectivity index (χ0) is 12.8. The van der Waals surface area contributed by atoms with Gasteiger partial charge in [-0.05, 0) is 19.3 Å². The molecule has 0 saturated heterocycles. The number of unbranched alkanes of at least 4 members (excludes halogenated alkanes) is 1. The summed E-state index contributed by atoms with van der Waals surface area (Å²) in [6.07, 6.45) is 1.41. The van der Waals surface area contributed by atoms with Crippen molar-refractivity contribution in [3.05, 3.63) is 0 Å². The molecule has 0 spiro atoms. The molecule has 0 aliphatic rings. The zero-order valence-electron chi connectivity index (χ0n) is 10.4. The maximum Gasteiger partial charge on any atom is 0.306 e. The van der Waals surface area contributed by atoms with Crippen LogP contribution in [0.4, 0.5) is 0 Å². The van der Waals surface area contributed by atoms with E-state index in [1.165, 1.54) is 0 Å². The summed E-state index contributed by atoms with van der Waals surface area (Å²) in [5.74, 6) is -0.986. The van der Waals surface area contributed by atoms with Crippen LogP contribution in [-0.2, 0) is 4.79 Å². The Balaban J connectivity index is 4.42. The monoisotopic (exact) mass is 234 g/mol. The lowest BCUT2D eigenvalue weighted by Gasteiger charge is -2.34. The molecule has 0 fully saturated rings. The standard InChI is InChI=1S/C11H23NO4/c1-12(2,3)9-11(16,8-10(14)15)6-4-5-7-13/h13,16H,4-9H2,1-3H3/p+1. The van der Waals surface area contributed by atoms with Crippen LogP contribution in [0.25, 0.3) is 0 Å². The SMILES string of the molecule is C[N+](C)(C)CC(O)(CCCCO)CC(=O)O. The maximum atomic E-state index is 10.7. The van der Waals surface area contributed by atoms with Crippen LogP contribution in [0.5, 0.6) is 0 Å². The molecule has 16 heavy (non-hydrogen) atoms. The minimum absolute atomic E-state index is 0.0769. The zero-order valence-corrected chi connectivity index (χ0v) is 10.4. The Bertz CT molecular complexity index is 225. The highest BCUT2D eigenvalue weighted by atomic mass is 16.4. The molecule has 0 aromatic carbocycles. The lowest BCUT2D eigenvalue weighted by atomic mass is 9.92. The number of aliphatic hydroxyl groups excluding tert-OH is 1. The molecule has 5 heteroatoms. The number of carboxylic acids is 1. The third-order valence-corrected chi connectivity index (χ3v) is 2.30. The first-order valence-electron chi connectivity index (χ1n) is 5.54. The Morgan fingerprint density at radius 1 is 1.25 bits per heavy atom. The topological polar surface area (TPSA) is 77.8 Å². The lowest BCUT2D eigenvalue weighted by molar-refractivity contribution is -0.877. The van der Waals surface area contributed by atoms with Crippen LogP contribution in [0.1, 0.15) is 25.7 Å². The van der Waals surface area contributed by atoms with E-state index in [9.17, 15) is 9.90 Å². The smallest absolute Gasteiger partial charge is 0.306 e. The molecule has 0 aliphatic carbocycles. The highest BCUT2D eigenvalue weighted by Gasteiger charge is 2.35. The summed E-state index contributed by atoms with van der Waals surface area (Å²) in [5, 5.41) is 27.7. The van der Waals surface area contributed by atoms with Crippen molar-refractivity contribution in [3.63, 3.8) is 0 Å². The number of carboxylic acid groups (broad SMARTS) is 1. The molecular formula is C11H24NO4+. The molecule has 3 N–H and O–H groups in total. The summed E-state index contributed by atoms with van der Waals surface area (Å²) < 4.78 is 0.517. The number of aliphatic hydroxyl groups is 2. The van der Waals surface area contributed by atoms with Crippen molar-refractivity contribution in [1.82, 2.24) is 0 Å². The van der Waals surface area contributed by atoms with Gasteiger partial charge in [-0.3, -0.25) is 4.79 Å². The fourth-order valence-electron chi connectivity index (χ4n) is 1.95. The number of hydrogen-bond acceptors (Lipinski definition) is 3. The molecule has 0 radical (unpaired) electrons. The van der Waals surface area contributed by atoms with Gasteiger partial charge in [-0.15, -0.1) is 0 Å². The average molecular weight is 234 g/mol. The number of quaternary nitrogens is 1. The number of aliphatic carboxylic acids is 1. The van der Waals surface area contributed by atoms with Crippen LogP contribution in [0.2, 0.25) is 0 Å². The van der Waals surface area contributed by atoms with E-state index in [0.29, 0.717) is 30.3 Å². The number of carbonyl (C=O) groups is 1. The Kier molecular flexibility index (Phi) is 5.92. The van der Waals surface area contributed by atoms with Crippen molar-refractivity contribution in [2.24, 2.45) is 0 Å². The second-order valence-electron chi connectivity index (χ2n) is 5.42. The molecule has 0 aromatic heterocycles. The molecule has 0 heterocycles. The van der Waals surface area contributed by atoms with E-state index in [-0.39, 0.29) is 13.0 Å². The Morgan fingerprint density at radius 2 is 1.81 bits per heavy atom. The third kappa shape index (κ3) is 7.62. The van der Waals surface area contributed by atoms with Crippen LogP contribution in [-0.4, -0.2) is 65.7 Å². The minimum atomic E-state index is -1.18. The number of rotatable bonds is 8. The van der Waals surface area contributed by atoms with Gasteiger partial charge in [0.1, 0.15) is 12.1 Å². The van der Waals surface area contributed by atoms with E-state index in [2.05, 4.69) is 0 Å². The fraction of sp³-hybridized carbons (Fsp3) is 0.909. The summed E-state index contributed by atoms with van der Waals surface area (Å²) in [7, 11) is 5.75. The average Bonchev–Trinajstić information content (AvgIpc) is 1.98. The van der Waals surface area contributed by atoms with Crippen LogP contribution in [0.3, 0.4) is 0 Å². The van der Waals surface area contributed by atoms with Crippen LogP contribution >= 0.6 is 0 Å². The van der Waals surface area contributed by atoms with Gasteiger partial charge < -0.3 is 19.8 Å². The van der Waals surface area contributed by atoms with Gasteiger partial charge in [0.2, 0.25) is 0 Å². The molecule has 0 rings (SSSR count). The minimum Gasteiger partial charge on any atom is -0.481 e. The molecular weight excluding hydrogens is 210 g/mol. The van der Waals surface area contributed by atoms with Crippen LogP contribution in [0.15, 0.2) is 0 Å². The quantitative estimate of drug-likeness (QED) is 0.410. The lowest BCUT2D eigenvalue weighted by Crippen LogP contribution is -2.50. The van der Waals surface area contributed by atoms with Gasteiger partial charge in [-0.25, -0.2) is 0 Å². The summed E-state index contributed by atoms with van der Waals surface area (Å²) in [6, 6.07) is 0. The van der Waals surface area contributed by atoms with E-state index < -0.39 is 11.6 Å². The molecule has 0 amide bonds. The summed E-state index contributed by atoms with van der Waals surface area (Å²) in [6.45, 7) is 0.470. The van der Waals surface area contributed by atoms with E-state index in [0.717, 1.165) is 0 Å². The molecule has 0 aliphatic heterocycles. The van der Waals surface area contributed by atoms with E-state index in [4.69, 9.17) is 10.2 Å². The van der Waals surface area contributed by atoms with Crippen molar-refractivity contribution >= 4 is 5.97 Å². The predicted octanol–water partition coefficient (Wildman–Crippen LogP) is 0.0610. The van der Waals surface area contributed by atoms with Gasteiger partial charge in [0.15, 0.2) is 0 Å². The van der Waals surface area contributed by atoms with Gasteiger partial charge in [-0.1, -0.05) is 0 Å². The van der Waals surface area contributed by atoms with Gasteiger partial charge in [0, 0.05) is 6.61 Å². The highest BCUT2D eigenvalue weighted by Crippen LogP contribution is 2.21. The number of hydrogen-bond donors (Lipinski definition) is 3. The fourth-order valence-corrected chi connectivity index (χ4v) is 1.95. The van der Waals surface area contributed by atoms with E-state index in [1.54, 1.807) is 0 Å². The molecule has 96 valence electrons. The van der Waals surface area contributed by atoms with Crippen molar-refractivity contribution in [2.45, 2.75) is 31.3 Å². The Hall–Kier alpha value is -0.650. The Labute approximate surface area is 96.9 Å². The first kappa shape index (κ1) is 15.3. The summed E-state index contributed by atoms with van der Waals surface area (Å²) in [5.41, 5.74) is -1.18. The third-order valence-electron chi connectivity index (χ3n) is 2.30. The second kappa shape index (κ2) is 6.18. The summed E-state index contributed by atoms with van der Waals surface area (Å²) >= 11 is 0. The molecule has 0 bridgehead atoms. The van der Waals surface area contributed by atoms with Crippen molar-refractivity contribution in [2.75, 3.05) is 34.3 Å². The van der Waals surface area contributed by atoms with Gasteiger partial charge >= 0.3 is 5.97 Å². The highest BCUT2D eigenvalue weighted by molar-refractivity contribution is 5.68. The van der Waals surface area contributed by atoms with Crippen LogP contribution < -0.4 is 0 Å². The van der Waals surface area contributed by atoms with Crippen LogP contribution in [0, 0.1) is 0 Å². The summed E-state index contributed by atoms with van der Waals surface area (Å²) in [4.78, 5) is 10.7. The van der Waals surface area contributed by atoms with Gasteiger partial charge in [-0.2, -0.15) is 0 Å². The normalized spacial score (nSPS) is 15.8. The first-order chi connectivity index (χ1) is 7.18. The van der Waals surface area contributed by atoms with E-state index in [1.807, 2.05) is 21.1 Å². The molecule has 0 saturated carbocycles. The van der Waals surface area contributed by atoms with Gasteiger partial charge in [0.25, 0.3) is 0 Å². The first-order valence-corrected chi connectivity index (χ1v) is 5.54. The largest absolute Gasteiger partial charge is 0.481 e. The number of nitrogens with zero attached hydrogens (tertiary/aromatic N) is 1. The second-order valence-corrected chi connectivity index (χ2v) is 5.42. The predicted molar refractivity (Wildman–Crippen MR) is 61.0 cm³/mol. The van der Waals surface area contributed by atoms with Crippen molar-refractivity contribution < 1.29 is 24.6 Å². The van der Waals surface area contributed by atoms with E-state index >= 15 is 0 Å².